The minimum absolute atomic E-state index is 0.373. The van der Waals surface area contributed by atoms with Crippen molar-refractivity contribution in [1.82, 2.24) is 15.1 Å². The van der Waals surface area contributed by atoms with E-state index in [-0.39, 0.29) is 0 Å². The summed E-state index contributed by atoms with van der Waals surface area (Å²) in [4.78, 5) is 9.07. The quantitative estimate of drug-likeness (QED) is 0.811. The maximum atomic E-state index is 5.83. The van der Waals surface area contributed by atoms with Crippen molar-refractivity contribution in [2.24, 2.45) is 5.73 Å². The molecule has 3 rings (SSSR count). The lowest BCUT2D eigenvalue weighted by Gasteiger charge is -2.19. The Morgan fingerprint density at radius 2 is 2.24 bits per heavy atom. The summed E-state index contributed by atoms with van der Waals surface area (Å²) in [5, 5.41) is 7.06. The third-order valence-corrected chi connectivity index (χ3v) is 3.83. The number of rotatable bonds is 5. The second-order valence-electron chi connectivity index (χ2n) is 5.09. The molecular formula is C14H17N5OS. The zero-order valence-electron chi connectivity index (χ0n) is 11.6. The minimum Gasteiger partial charge on any atom is -0.389 e. The van der Waals surface area contributed by atoms with Crippen LogP contribution in [-0.4, -0.2) is 26.7 Å². The van der Waals surface area contributed by atoms with Crippen LogP contribution < -0.4 is 11.1 Å². The first-order valence-corrected chi connectivity index (χ1v) is 7.46. The summed E-state index contributed by atoms with van der Waals surface area (Å²) in [5.74, 6) is 1.42. The molecule has 0 saturated carbocycles. The van der Waals surface area contributed by atoms with E-state index in [0.717, 1.165) is 29.9 Å². The topological polar surface area (TPSA) is 89.9 Å². The van der Waals surface area contributed by atoms with Crippen molar-refractivity contribution in [2.45, 2.75) is 32.1 Å². The predicted octanol–water partition coefficient (Wildman–Crippen LogP) is 1.63. The fraction of sp³-hybridized carbons (Fsp3) is 0.429. The summed E-state index contributed by atoms with van der Waals surface area (Å²) in [6.45, 7) is 0.654. The molecule has 2 heterocycles. The number of nitrogens with two attached hydrogens (primary N) is 1. The van der Waals surface area contributed by atoms with Gasteiger partial charge in [0.05, 0.1) is 5.56 Å². The normalized spacial score (nSPS) is 13.7. The number of anilines is 1. The van der Waals surface area contributed by atoms with Gasteiger partial charge in [-0.15, -0.1) is 0 Å². The van der Waals surface area contributed by atoms with Crippen LogP contribution in [0, 0.1) is 0 Å². The van der Waals surface area contributed by atoms with Gasteiger partial charge in [-0.05, 0) is 37.3 Å². The Balaban J connectivity index is 1.77. The standard InChI is InChI=1S/C14H17N5OS/c15-13(21)10-7-9-3-1-2-4-11(9)18-14(10)16-6-5-12-17-8-20-19-12/h7-8H,1-6H2,(H2,15,21)(H,16,18). The molecule has 0 atom stereocenters. The maximum Gasteiger partial charge on any atom is 0.213 e. The van der Waals surface area contributed by atoms with Gasteiger partial charge in [0.1, 0.15) is 10.8 Å². The van der Waals surface area contributed by atoms with Crippen LogP contribution in [0.5, 0.6) is 0 Å². The van der Waals surface area contributed by atoms with E-state index < -0.39 is 0 Å². The Kier molecular flexibility index (Phi) is 4.10. The Bertz CT molecular complexity index is 641. The molecule has 1 aliphatic rings. The molecule has 0 radical (unpaired) electrons. The molecule has 0 bridgehead atoms. The molecule has 0 fully saturated rings. The average molecular weight is 303 g/mol. The number of hydrogen-bond donors (Lipinski definition) is 2. The van der Waals surface area contributed by atoms with Crippen LogP contribution in [0.1, 0.15) is 35.5 Å². The van der Waals surface area contributed by atoms with Crippen molar-refractivity contribution in [3.63, 3.8) is 0 Å². The van der Waals surface area contributed by atoms with Gasteiger partial charge in [-0.25, -0.2) is 4.98 Å². The van der Waals surface area contributed by atoms with Crippen molar-refractivity contribution in [1.29, 1.82) is 0 Å². The monoisotopic (exact) mass is 303 g/mol. The third kappa shape index (κ3) is 3.18. The fourth-order valence-corrected chi connectivity index (χ4v) is 2.71. The zero-order chi connectivity index (χ0) is 14.7. The van der Waals surface area contributed by atoms with E-state index in [2.05, 4.69) is 21.5 Å². The number of aryl methyl sites for hydroxylation is 2. The predicted molar refractivity (Wildman–Crippen MR) is 83.3 cm³/mol. The van der Waals surface area contributed by atoms with Crippen LogP contribution in [0.25, 0.3) is 0 Å². The van der Waals surface area contributed by atoms with Gasteiger partial charge in [0.15, 0.2) is 5.82 Å². The Morgan fingerprint density at radius 1 is 1.38 bits per heavy atom. The highest BCUT2D eigenvalue weighted by atomic mass is 32.1. The molecule has 1 aliphatic carbocycles. The van der Waals surface area contributed by atoms with Crippen molar-refractivity contribution in [2.75, 3.05) is 11.9 Å². The molecule has 0 aliphatic heterocycles. The van der Waals surface area contributed by atoms with E-state index in [0.29, 0.717) is 23.8 Å². The maximum absolute atomic E-state index is 5.83. The summed E-state index contributed by atoms with van der Waals surface area (Å²) >= 11 is 5.14. The van der Waals surface area contributed by atoms with Crippen molar-refractivity contribution in [3.8, 4) is 0 Å². The van der Waals surface area contributed by atoms with E-state index in [1.807, 2.05) is 0 Å². The van der Waals surface area contributed by atoms with Gasteiger partial charge in [0.25, 0.3) is 0 Å². The smallest absolute Gasteiger partial charge is 0.213 e. The Labute approximate surface area is 128 Å². The van der Waals surface area contributed by atoms with Crippen LogP contribution >= 0.6 is 12.2 Å². The third-order valence-electron chi connectivity index (χ3n) is 3.61. The zero-order valence-corrected chi connectivity index (χ0v) is 12.4. The van der Waals surface area contributed by atoms with E-state index in [1.165, 1.54) is 24.8 Å². The first-order valence-electron chi connectivity index (χ1n) is 7.06. The van der Waals surface area contributed by atoms with Crippen LogP contribution in [0.3, 0.4) is 0 Å². The van der Waals surface area contributed by atoms with Gasteiger partial charge in [0.2, 0.25) is 6.39 Å². The summed E-state index contributed by atoms with van der Waals surface area (Å²) in [6.07, 6.45) is 6.46. The van der Waals surface area contributed by atoms with Crippen LogP contribution in [0.4, 0.5) is 5.82 Å². The van der Waals surface area contributed by atoms with Gasteiger partial charge >= 0.3 is 0 Å². The molecule has 2 aromatic rings. The Morgan fingerprint density at radius 3 is 3.00 bits per heavy atom. The van der Waals surface area contributed by atoms with Gasteiger partial charge in [-0.2, -0.15) is 4.98 Å². The van der Waals surface area contributed by atoms with Crippen molar-refractivity contribution < 1.29 is 4.52 Å². The van der Waals surface area contributed by atoms with Gasteiger partial charge in [-0.3, -0.25) is 0 Å². The summed E-state index contributed by atoms with van der Waals surface area (Å²) in [5.41, 5.74) is 9.07. The lowest BCUT2D eigenvalue weighted by Crippen LogP contribution is -2.19. The molecule has 7 heteroatoms. The van der Waals surface area contributed by atoms with E-state index in [4.69, 9.17) is 27.5 Å². The van der Waals surface area contributed by atoms with Crippen molar-refractivity contribution in [3.05, 3.63) is 35.1 Å². The van der Waals surface area contributed by atoms with Gasteiger partial charge in [0, 0.05) is 18.7 Å². The highest BCUT2D eigenvalue weighted by Gasteiger charge is 2.16. The van der Waals surface area contributed by atoms with Crippen molar-refractivity contribution >= 4 is 23.0 Å². The number of nitrogens with one attached hydrogen (secondary N) is 1. The number of nitrogens with zero attached hydrogens (tertiary/aromatic N) is 3. The van der Waals surface area contributed by atoms with E-state index in [1.54, 1.807) is 0 Å². The molecule has 0 amide bonds. The first-order chi connectivity index (χ1) is 10.2. The number of hydrogen-bond acceptors (Lipinski definition) is 6. The number of pyridine rings is 1. The SMILES string of the molecule is NC(=S)c1cc2c(nc1NCCc1ncon1)CCCC2. The molecule has 6 nitrogen and oxygen atoms in total. The molecule has 110 valence electrons. The van der Waals surface area contributed by atoms with Crippen LogP contribution in [-0.2, 0) is 19.3 Å². The molecule has 3 N–H and O–H groups in total. The number of aromatic nitrogens is 3. The first kappa shape index (κ1) is 13.9. The Hall–Kier alpha value is -2.02. The number of fused-ring (bicyclic) bond motifs is 1. The molecule has 2 aromatic heterocycles. The summed E-state index contributed by atoms with van der Waals surface area (Å²) < 4.78 is 4.71. The highest BCUT2D eigenvalue weighted by Crippen LogP contribution is 2.24. The largest absolute Gasteiger partial charge is 0.389 e. The lowest BCUT2D eigenvalue weighted by molar-refractivity contribution is 0.410. The molecule has 0 spiro atoms. The molecule has 0 saturated heterocycles. The second kappa shape index (κ2) is 6.17. The van der Waals surface area contributed by atoms with Gasteiger partial charge < -0.3 is 15.6 Å². The molecule has 0 unspecified atom stereocenters. The second-order valence-corrected chi connectivity index (χ2v) is 5.53. The molecule has 0 aromatic carbocycles. The summed E-state index contributed by atoms with van der Waals surface area (Å²) in [6, 6.07) is 2.08. The van der Waals surface area contributed by atoms with E-state index >= 15 is 0 Å². The average Bonchev–Trinajstić information content (AvgIpc) is 2.99. The lowest BCUT2D eigenvalue weighted by atomic mass is 9.94. The van der Waals surface area contributed by atoms with Crippen LogP contribution in [0.15, 0.2) is 17.0 Å². The van der Waals surface area contributed by atoms with Crippen LogP contribution in [0.2, 0.25) is 0 Å². The minimum atomic E-state index is 0.373. The van der Waals surface area contributed by atoms with Gasteiger partial charge in [-0.1, -0.05) is 17.4 Å². The summed E-state index contributed by atoms with van der Waals surface area (Å²) in [7, 11) is 0. The number of thiocarbonyl (C=S) groups is 1. The molecule has 21 heavy (non-hydrogen) atoms. The van der Waals surface area contributed by atoms with E-state index in [9.17, 15) is 0 Å². The molecular weight excluding hydrogens is 286 g/mol. The fourth-order valence-electron chi connectivity index (χ4n) is 2.55. The highest BCUT2D eigenvalue weighted by molar-refractivity contribution is 7.80.